The zero-order chi connectivity index (χ0) is 14.8. The van der Waals surface area contributed by atoms with Crippen LogP contribution in [0.1, 0.15) is 10.5 Å². The average Bonchev–Trinajstić information content (AvgIpc) is 2.68. The second-order valence-electron chi connectivity index (χ2n) is 3.73. The molecule has 0 radical (unpaired) electrons. The molecule has 1 atom stereocenters. The number of sulfonamides is 1. The number of aliphatic hydroxyl groups is 1. The van der Waals surface area contributed by atoms with Crippen molar-refractivity contribution >= 4 is 21.9 Å². The first-order valence-electron chi connectivity index (χ1n) is 5.01. The Bertz CT molecular complexity index is 605. The van der Waals surface area contributed by atoms with Crippen LogP contribution in [0.3, 0.4) is 0 Å². The summed E-state index contributed by atoms with van der Waals surface area (Å²) < 4.78 is 26.7. The summed E-state index contributed by atoms with van der Waals surface area (Å²) in [6, 6.07) is -0.650. The Hall–Kier alpha value is -1.91. The molecule has 1 aromatic rings. The van der Waals surface area contributed by atoms with Gasteiger partial charge in [0.25, 0.3) is 5.91 Å². The maximum absolute atomic E-state index is 11.8. The van der Waals surface area contributed by atoms with Gasteiger partial charge in [-0.2, -0.15) is 4.72 Å². The van der Waals surface area contributed by atoms with Crippen molar-refractivity contribution in [2.24, 2.45) is 12.8 Å². The van der Waals surface area contributed by atoms with Gasteiger partial charge in [0.2, 0.25) is 10.0 Å². The number of hydrogen-bond donors (Lipinski definition) is 4. The molecule has 0 spiro atoms. The Labute approximate surface area is 108 Å². The van der Waals surface area contributed by atoms with E-state index in [1.165, 1.54) is 11.6 Å². The molecule has 5 N–H and O–H groups in total. The van der Waals surface area contributed by atoms with Crippen molar-refractivity contribution in [1.82, 2.24) is 9.29 Å². The summed E-state index contributed by atoms with van der Waals surface area (Å²) in [6.45, 7) is -0.899. The summed E-state index contributed by atoms with van der Waals surface area (Å²) in [5, 5.41) is 17.4. The first-order valence-corrected chi connectivity index (χ1v) is 6.49. The third kappa shape index (κ3) is 3.30. The minimum Gasteiger partial charge on any atom is -0.480 e. The maximum Gasteiger partial charge on any atom is 0.324 e. The van der Waals surface area contributed by atoms with Gasteiger partial charge in [0, 0.05) is 13.2 Å². The minimum absolute atomic E-state index is 0.0451. The fraction of sp³-hybridized carbons (Fsp3) is 0.333. The molecule has 0 aliphatic rings. The van der Waals surface area contributed by atoms with Gasteiger partial charge in [0.1, 0.15) is 16.6 Å². The Morgan fingerprint density at radius 3 is 2.47 bits per heavy atom. The highest BCUT2D eigenvalue weighted by molar-refractivity contribution is 7.89. The van der Waals surface area contributed by atoms with Crippen LogP contribution in [0.2, 0.25) is 0 Å². The number of hydrogen-bond acceptors (Lipinski definition) is 5. The Balaban J connectivity index is 3.10. The fourth-order valence-electron chi connectivity index (χ4n) is 1.35. The number of amides is 1. The van der Waals surface area contributed by atoms with Crippen LogP contribution in [-0.4, -0.2) is 47.7 Å². The average molecular weight is 291 g/mol. The number of aliphatic carboxylic acids is 1. The van der Waals surface area contributed by atoms with Gasteiger partial charge in [-0.15, -0.1) is 0 Å². The van der Waals surface area contributed by atoms with Gasteiger partial charge in [-0.1, -0.05) is 0 Å². The van der Waals surface area contributed by atoms with E-state index in [0.29, 0.717) is 0 Å². The van der Waals surface area contributed by atoms with Gasteiger partial charge in [0.05, 0.1) is 6.61 Å². The number of carboxylic acids is 1. The van der Waals surface area contributed by atoms with Crippen molar-refractivity contribution < 1.29 is 28.2 Å². The predicted molar refractivity (Wildman–Crippen MR) is 62.8 cm³/mol. The molecule has 10 heteroatoms. The quantitative estimate of drug-likeness (QED) is 0.469. The molecule has 19 heavy (non-hydrogen) atoms. The van der Waals surface area contributed by atoms with Crippen molar-refractivity contribution in [3.05, 3.63) is 18.0 Å². The van der Waals surface area contributed by atoms with Crippen molar-refractivity contribution in [3.8, 4) is 0 Å². The van der Waals surface area contributed by atoms with Crippen LogP contribution >= 0.6 is 0 Å². The van der Waals surface area contributed by atoms with E-state index >= 15 is 0 Å². The molecule has 9 nitrogen and oxygen atoms in total. The number of carbonyl (C=O) groups excluding carboxylic acids is 1. The third-order valence-electron chi connectivity index (χ3n) is 2.32. The molecule has 1 amide bonds. The topological polar surface area (TPSA) is 152 Å². The van der Waals surface area contributed by atoms with E-state index in [2.05, 4.69) is 0 Å². The van der Waals surface area contributed by atoms with E-state index in [9.17, 15) is 18.0 Å². The highest BCUT2D eigenvalue weighted by Gasteiger charge is 2.26. The number of rotatable bonds is 6. The number of carboxylic acid groups (broad SMARTS) is 1. The molecule has 0 bridgehead atoms. The monoisotopic (exact) mass is 291 g/mol. The number of aliphatic hydroxyl groups excluding tert-OH is 1. The Kier molecular flexibility index (Phi) is 4.29. The molecule has 0 aliphatic carbocycles. The molecule has 0 saturated heterocycles. The molecular formula is C9H13N3O6S. The molecule has 0 saturated carbocycles. The third-order valence-corrected chi connectivity index (χ3v) is 3.76. The first kappa shape index (κ1) is 15.1. The summed E-state index contributed by atoms with van der Waals surface area (Å²) in [5.74, 6) is -2.34. The van der Waals surface area contributed by atoms with E-state index in [1.807, 2.05) is 0 Å². The summed E-state index contributed by atoms with van der Waals surface area (Å²) >= 11 is 0. The van der Waals surface area contributed by atoms with Crippen LogP contribution in [0.4, 0.5) is 0 Å². The summed E-state index contributed by atoms with van der Waals surface area (Å²) in [7, 11) is -2.75. The van der Waals surface area contributed by atoms with Crippen LogP contribution in [-0.2, 0) is 21.9 Å². The predicted octanol–water partition coefficient (Wildman–Crippen LogP) is -2.15. The van der Waals surface area contributed by atoms with Gasteiger partial charge < -0.3 is 20.5 Å². The molecule has 0 unspecified atom stereocenters. The zero-order valence-corrected chi connectivity index (χ0v) is 10.7. The highest BCUT2D eigenvalue weighted by Crippen LogP contribution is 2.13. The van der Waals surface area contributed by atoms with Crippen molar-refractivity contribution in [2.45, 2.75) is 10.9 Å². The summed E-state index contributed by atoms with van der Waals surface area (Å²) in [6.07, 6.45) is 1.11. The van der Waals surface area contributed by atoms with E-state index in [0.717, 1.165) is 12.3 Å². The number of carbonyl (C=O) groups is 2. The number of primary amides is 1. The number of aryl methyl sites for hydroxylation is 1. The molecule has 0 aliphatic heterocycles. The van der Waals surface area contributed by atoms with Gasteiger partial charge in [-0.25, -0.2) is 8.42 Å². The van der Waals surface area contributed by atoms with E-state index in [1.54, 1.807) is 4.72 Å². The van der Waals surface area contributed by atoms with Crippen LogP contribution in [0.15, 0.2) is 17.2 Å². The largest absolute Gasteiger partial charge is 0.480 e. The molecule has 106 valence electrons. The van der Waals surface area contributed by atoms with E-state index in [-0.39, 0.29) is 10.6 Å². The standard InChI is InChI=1S/C9H13N3O6S/c1-12-3-5(2-7(12)8(10)14)19(17,18)11-6(4-13)9(15)16/h2-3,6,11,13H,4H2,1H3,(H2,10,14)(H,15,16)/t6-/m1/s1. The van der Waals surface area contributed by atoms with E-state index < -0.39 is 34.5 Å². The normalized spacial score (nSPS) is 13.2. The van der Waals surface area contributed by atoms with Gasteiger partial charge in [-0.3, -0.25) is 9.59 Å². The van der Waals surface area contributed by atoms with Crippen LogP contribution in [0.25, 0.3) is 0 Å². The number of aromatic nitrogens is 1. The zero-order valence-electron chi connectivity index (χ0n) is 9.90. The van der Waals surface area contributed by atoms with Crippen LogP contribution < -0.4 is 10.5 Å². The number of nitrogens with one attached hydrogen (secondary N) is 1. The van der Waals surface area contributed by atoms with Crippen LogP contribution in [0, 0.1) is 0 Å². The lowest BCUT2D eigenvalue weighted by Gasteiger charge is -2.10. The lowest BCUT2D eigenvalue weighted by Crippen LogP contribution is -2.43. The summed E-state index contributed by atoms with van der Waals surface area (Å²) in [4.78, 5) is 21.3. The maximum atomic E-state index is 11.8. The molecule has 1 heterocycles. The lowest BCUT2D eigenvalue weighted by atomic mass is 10.3. The highest BCUT2D eigenvalue weighted by atomic mass is 32.2. The van der Waals surface area contributed by atoms with Gasteiger partial charge >= 0.3 is 5.97 Å². The van der Waals surface area contributed by atoms with E-state index in [4.69, 9.17) is 15.9 Å². The molecule has 1 rings (SSSR count). The van der Waals surface area contributed by atoms with Crippen LogP contribution in [0.5, 0.6) is 0 Å². The molecule has 1 aromatic heterocycles. The summed E-state index contributed by atoms with van der Waals surface area (Å²) in [5.41, 5.74) is 4.99. The SMILES string of the molecule is Cn1cc(S(=O)(=O)N[C@H](CO)C(=O)O)cc1C(N)=O. The second kappa shape index (κ2) is 5.38. The Morgan fingerprint density at radius 1 is 1.53 bits per heavy atom. The van der Waals surface area contributed by atoms with Gasteiger partial charge in [0.15, 0.2) is 0 Å². The molecule has 0 aromatic carbocycles. The lowest BCUT2D eigenvalue weighted by molar-refractivity contribution is -0.139. The van der Waals surface area contributed by atoms with Crippen molar-refractivity contribution in [2.75, 3.05) is 6.61 Å². The minimum atomic E-state index is -4.17. The fourth-order valence-corrected chi connectivity index (χ4v) is 2.60. The molecular weight excluding hydrogens is 278 g/mol. The number of nitrogens with zero attached hydrogens (tertiary/aromatic N) is 1. The Morgan fingerprint density at radius 2 is 2.11 bits per heavy atom. The molecule has 0 fully saturated rings. The second-order valence-corrected chi connectivity index (χ2v) is 5.44. The van der Waals surface area contributed by atoms with Crippen molar-refractivity contribution in [1.29, 1.82) is 0 Å². The van der Waals surface area contributed by atoms with Gasteiger partial charge in [-0.05, 0) is 6.07 Å². The van der Waals surface area contributed by atoms with Crippen molar-refractivity contribution in [3.63, 3.8) is 0 Å². The first-order chi connectivity index (χ1) is 8.69. The number of nitrogens with two attached hydrogens (primary N) is 1. The smallest absolute Gasteiger partial charge is 0.324 e.